The maximum Gasteiger partial charge on any atom is 0.198 e. The zero-order chi connectivity index (χ0) is 24.7. The molecule has 4 aliphatic rings. The molecule has 0 aromatic heterocycles. The number of nitrogens with one attached hydrogen (secondary N) is 1. The Hall–Kier alpha value is -3.92. The van der Waals surface area contributed by atoms with Gasteiger partial charge in [-0.15, -0.1) is 0 Å². The van der Waals surface area contributed by atoms with E-state index in [1.54, 1.807) is 18.2 Å². The van der Waals surface area contributed by atoms with E-state index in [4.69, 9.17) is 10.5 Å². The van der Waals surface area contributed by atoms with Gasteiger partial charge in [0.2, 0.25) is 0 Å². The lowest BCUT2D eigenvalue weighted by Crippen LogP contribution is -2.54. The molecule has 2 aliphatic heterocycles. The molecule has 35 heavy (non-hydrogen) atoms. The summed E-state index contributed by atoms with van der Waals surface area (Å²) in [6, 6.07) is 5.22. The summed E-state index contributed by atoms with van der Waals surface area (Å²) in [5, 5.41) is 36.1. The molecule has 174 valence electrons. The van der Waals surface area contributed by atoms with Crippen molar-refractivity contribution in [3.63, 3.8) is 0 Å². The lowest BCUT2D eigenvalue weighted by molar-refractivity contribution is 0.0867. The third kappa shape index (κ3) is 2.52. The highest BCUT2D eigenvalue weighted by Gasteiger charge is 2.82. The minimum Gasteiger partial charge on any atom is -0.507 e. The monoisotopic (exact) mass is 468 g/mol. The molecule has 2 aliphatic carbocycles. The van der Waals surface area contributed by atoms with Gasteiger partial charge < -0.3 is 31.1 Å². The third-order valence-electron chi connectivity index (χ3n) is 7.26. The van der Waals surface area contributed by atoms with Crippen molar-refractivity contribution in [1.82, 2.24) is 0 Å². The quantitative estimate of drug-likeness (QED) is 0.210. The molecule has 5 atom stereocenters. The van der Waals surface area contributed by atoms with Crippen LogP contribution in [0.2, 0.25) is 0 Å². The molecule has 8 heteroatoms. The number of rotatable bonds is 2. The first-order valence-corrected chi connectivity index (χ1v) is 11.1. The molecule has 2 aromatic rings. The first-order valence-electron chi connectivity index (χ1n) is 11.1. The van der Waals surface area contributed by atoms with E-state index in [1.165, 1.54) is 25.1 Å². The average molecular weight is 468 g/mol. The topological polar surface area (TPSA) is 145 Å². The predicted molar refractivity (Wildman–Crippen MR) is 125 cm³/mol. The minimum atomic E-state index is -1.58. The van der Waals surface area contributed by atoms with E-state index >= 15 is 0 Å². The van der Waals surface area contributed by atoms with Gasteiger partial charge in [0.05, 0.1) is 22.9 Å². The van der Waals surface area contributed by atoms with Crippen LogP contribution in [0.1, 0.15) is 49.9 Å². The number of nitrogens with two attached hydrogens (primary N) is 1. The number of fused-ring (bicyclic) bond motifs is 4. The van der Waals surface area contributed by atoms with Gasteiger partial charge in [-0.2, -0.15) is 0 Å². The molecule has 0 saturated carbocycles. The van der Waals surface area contributed by atoms with Gasteiger partial charge >= 0.3 is 0 Å². The fraction of sp³-hybridized carbons (Fsp3) is 0.259. The fourth-order valence-electron chi connectivity index (χ4n) is 5.61. The number of benzene rings is 2. The molecule has 0 spiro atoms. The normalized spacial score (nSPS) is 29.6. The van der Waals surface area contributed by atoms with Crippen LogP contribution < -0.4 is 11.1 Å². The van der Waals surface area contributed by atoms with E-state index in [-0.39, 0.29) is 40.0 Å². The maximum absolute atomic E-state index is 13.7. The smallest absolute Gasteiger partial charge is 0.198 e. The molecule has 1 fully saturated rings. The summed E-state index contributed by atoms with van der Waals surface area (Å²) in [6.45, 7) is 1.71. The summed E-state index contributed by atoms with van der Waals surface area (Å²) in [7, 11) is 0. The van der Waals surface area contributed by atoms with E-state index < -0.39 is 46.8 Å². The average Bonchev–Trinajstić information content (AvgIpc) is 3.57. The van der Waals surface area contributed by atoms with Gasteiger partial charge in [-0.1, -0.05) is 29.7 Å². The number of carbonyl (C=O) groups is 2. The van der Waals surface area contributed by atoms with E-state index in [9.17, 15) is 24.9 Å². The second kappa shape index (κ2) is 7.05. The van der Waals surface area contributed by atoms with Crippen LogP contribution in [-0.2, 0) is 16.9 Å². The van der Waals surface area contributed by atoms with E-state index in [2.05, 4.69) is 29.0 Å². The van der Waals surface area contributed by atoms with Gasteiger partial charge in [0.15, 0.2) is 28.9 Å². The summed E-state index contributed by atoms with van der Waals surface area (Å²) >= 11 is 0. The van der Waals surface area contributed by atoms with Gasteiger partial charge in [0.1, 0.15) is 11.8 Å². The first-order chi connectivity index (χ1) is 16.8. The molecular weight excluding hydrogens is 448 g/mol. The van der Waals surface area contributed by atoms with Crippen LogP contribution in [0.3, 0.4) is 0 Å². The highest BCUT2D eigenvalue weighted by Crippen LogP contribution is 2.67. The molecule has 1 saturated heterocycles. The SMILES string of the molecule is CC(O)C12OC13c1cc(O)c4c(c1NC2C#CC=CC#CC3O)C(=O)c1ccc(CN)cc1C4=O. The minimum absolute atomic E-state index is 0.0355. The van der Waals surface area contributed by atoms with Crippen LogP contribution in [0.15, 0.2) is 36.4 Å². The van der Waals surface area contributed by atoms with Crippen molar-refractivity contribution in [2.75, 3.05) is 5.32 Å². The number of phenols is 1. The number of epoxide rings is 1. The molecule has 2 bridgehead atoms. The number of anilines is 1. The fourth-order valence-corrected chi connectivity index (χ4v) is 5.61. The van der Waals surface area contributed by atoms with Crippen LogP contribution in [0.5, 0.6) is 5.75 Å². The van der Waals surface area contributed by atoms with Crippen LogP contribution in [0, 0.1) is 23.7 Å². The molecule has 5 unspecified atom stereocenters. The molecule has 0 amide bonds. The number of phenolic OH excluding ortho intramolecular Hbond substituents is 1. The Bertz CT molecular complexity index is 1520. The van der Waals surface area contributed by atoms with E-state index in [0.717, 1.165) is 0 Å². The highest BCUT2D eigenvalue weighted by atomic mass is 16.7. The first kappa shape index (κ1) is 21.6. The van der Waals surface area contributed by atoms with Gasteiger partial charge in [-0.25, -0.2) is 0 Å². The lowest BCUT2D eigenvalue weighted by atomic mass is 9.69. The summed E-state index contributed by atoms with van der Waals surface area (Å²) in [5.41, 5.74) is 3.99. The highest BCUT2D eigenvalue weighted by molar-refractivity contribution is 6.31. The molecular formula is C27H20N2O6. The number of aliphatic hydroxyl groups is 2. The Kier molecular flexibility index (Phi) is 4.35. The van der Waals surface area contributed by atoms with Crippen molar-refractivity contribution in [2.24, 2.45) is 5.73 Å². The Morgan fingerprint density at radius 3 is 2.54 bits per heavy atom. The number of hydrogen-bond acceptors (Lipinski definition) is 8. The van der Waals surface area contributed by atoms with Crippen molar-refractivity contribution in [3.05, 3.63) is 69.8 Å². The summed E-state index contributed by atoms with van der Waals surface area (Å²) in [5.74, 6) is 9.81. The molecule has 2 aromatic carbocycles. The second-order valence-corrected chi connectivity index (χ2v) is 9.01. The van der Waals surface area contributed by atoms with Crippen LogP contribution in [-0.4, -0.2) is 50.7 Å². The Labute approximate surface area is 200 Å². The molecule has 6 rings (SSSR count). The lowest BCUT2D eigenvalue weighted by Gasteiger charge is -2.37. The number of allylic oxidation sites excluding steroid dienone is 2. The number of hydrogen-bond donors (Lipinski definition) is 5. The van der Waals surface area contributed by atoms with Crippen molar-refractivity contribution in [2.45, 2.75) is 42.9 Å². The number of aromatic hydroxyl groups is 1. The Balaban J connectivity index is 1.66. The summed E-state index contributed by atoms with van der Waals surface area (Å²) in [6.07, 6.45) is 0.471. The van der Waals surface area contributed by atoms with Crippen molar-refractivity contribution < 1.29 is 29.6 Å². The number of ether oxygens (including phenoxy) is 1. The van der Waals surface area contributed by atoms with E-state index in [1.807, 2.05) is 0 Å². The maximum atomic E-state index is 13.7. The standard InChI is InChI=1S/C27H20N2O6/c1-13(30)26-19-6-4-2-3-5-7-20(32)27(26,35-26)17-11-18(31)21-22(23(17)29-19)24(33)15-9-8-14(12-28)10-16(15)25(21)34/h2-3,8-11,13,19-20,29-32H,12,28H2,1H3. The Morgan fingerprint density at radius 2 is 1.83 bits per heavy atom. The van der Waals surface area contributed by atoms with Gasteiger partial charge in [-0.3, -0.25) is 9.59 Å². The molecule has 0 radical (unpaired) electrons. The number of carbonyl (C=O) groups excluding carboxylic acids is 2. The van der Waals surface area contributed by atoms with Gasteiger partial charge in [0.25, 0.3) is 0 Å². The van der Waals surface area contributed by atoms with Crippen LogP contribution in [0.4, 0.5) is 5.69 Å². The third-order valence-corrected chi connectivity index (χ3v) is 7.26. The summed E-state index contributed by atoms with van der Waals surface area (Å²) < 4.78 is 6.14. The van der Waals surface area contributed by atoms with Crippen molar-refractivity contribution >= 4 is 17.3 Å². The molecule has 6 N–H and O–H groups in total. The predicted octanol–water partition coefficient (Wildman–Crippen LogP) is 0.703. The van der Waals surface area contributed by atoms with Gasteiger partial charge in [0, 0.05) is 23.2 Å². The largest absolute Gasteiger partial charge is 0.507 e. The number of ketones is 2. The zero-order valence-corrected chi connectivity index (χ0v) is 18.5. The van der Waals surface area contributed by atoms with Crippen molar-refractivity contribution in [3.8, 4) is 29.4 Å². The molecule has 8 nitrogen and oxygen atoms in total. The second-order valence-electron chi connectivity index (χ2n) is 9.01. The number of aliphatic hydroxyl groups excluding tert-OH is 2. The summed E-state index contributed by atoms with van der Waals surface area (Å²) in [4.78, 5) is 27.2. The zero-order valence-electron chi connectivity index (χ0n) is 18.5. The van der Waals surface area contributed by atoms with Crippen molar-refractivity contribution in [1.29, 1.82) is 0 Å². The van der Waals surface area contributed by atoms with Gasteiger partial charge in [-0.05, 0) is 42.8 Å². The molecule has 2 heterocycles. The van der Waals surface area contributed by atoms with Crippen LogP contribution >= 0.6 is 0 Å². The van der Waals surface area contributed by atoms with E-state index in [0.29, 0.717) is 5.56 Å². The van der Waals surface area contributed by atoms with Crippen LogP contribution in [0.25, 0.3) is 0 Å². The Morgan fingerprint density at radius 1 is 1.11 bits per heavy atom.